The van der Waals surface area contributed by atoms with Crippen molar-refractivity contribution in [2.45, 2.75) is 13.3 Å². The molecule has 0 atom stereocenters. The molecule has 0 spiro atoms. The first kappa shape index (κ1) is 20.5. The summed E-state index contributed by atoms with van der Waals surface area (Å²) in [6.07, 6.45) is 0.594. The van der Waals surface area contributed by atoms with Crippen LogP contribution in [0.2, 0.25) is 0 Å². The smallest absolute Gasteiger partial charge is 0.259 e. The quantitative estimate of drug-likeness (QED) is 0.617. The fourth-order valence-electron chi connectivity index (χ4n) is 2.73. The first-order valence-corrected chi connectivity index (χ1v) is 9.78. The van der Waals surface area contributed by atoms with E-state index in [-0.39, 0.29) is 11.3 Å². The van der Waals surface area contributed by atoms with Crippen LogP contribution in [0, 0.1) is 12.7 Å². The van der Waals surface area contributed by atoms with Crippen molar-refractivity contribution in [1.29, 1.82) is 0 Å². The van der Waals surface area contributed by atoms with Crippen molar-refractivity contribution < 1.29 is 18.7 Å². The van der Waals surface area contributed by atoms with E-state index >= 15 is 0 Å². The van der Waals surface area contributed by atoms with E-state index in [4.69, 9.17) is 4.74 Å². The number of aryl methyl sites for hydroxylation is 1. The molecule has 1 heterocycles. The standard InChI is InChI=1S/C21H20FN3O3S/c1-13-12-29-19(24-13)7-8-23-20(26)14-9-15(22)11-16(10-14)25-21(27)17-5-3-4-6-18(17)28-2/h3-6,9-12H,7-8H2,1-2H3,(H,23,26)(H,25,27). The maximum Gasteiger partial charge on any atom is 0.259 e. The molecule has 8 heteroatoms. The number of amides is 2. The third-order valence-electron chi connectivity index (χ3n) is 4.06. The molecular formula is C21H20FN3O3S. The summed E-state index contributed by atoms with van der Waals surface area (Å²) in [5, 5.41) is 8.22. The van der Waals surface area contributed by atoms with E-state index in [1.165, 1.54) is 24.5 Å². The van der Waals surface area contributed by atoms with Gasteiger partial charge in [-0.3, -0.25) is 9.59 Å². The van der Waals surface area contributed by atoms with Crippen molar-refractivity contribution in [2.24, 2.45) is 0 Å². The minimum absolute atomic E-state index is 0.121. The number of aromatic nitrogens is 1. The molecule has 6 nitrogen and oxygen atoms in total. The van der Waals surface area contributed by atoms with Gasteiger partial charge in [-0.15, -0.1) is 11.3 Å². The third-order valence-corrected chi connectivity index (χ3v) is 5.09. The molecule has 2 amide bonds. The van der Waals surface area contributed by atoms with Crippen LogP contribution in [-0.2, 0) is 6.42 Å². The van der Waals surface area contributed by atoms with E-state index in [9.17, 15) is 14.0 Å². The molecule has 29 heavy (non-hydrogen) atoms. The number of thiazole rings is 1. The molecule has 0 radical (unpaired) electrons. The number of hydrogen-bond donors (Lipinski definition) is 2. The van der Waals surface area contributed by atoms with Gasteiger partial charge in [-0.25, -0.2) is 9.37 Å². The Morgan fingerprint density at radius 2 is 1.97 bits per heavy atom. The zero-order valence-corrected chi connectivity index (χ0v) is 16.8. The average molecular weight is 413 g/mol. The monoisotopic (exact) mass is 413 g/mol. The van der Waals surface area contributed by atoms with Gasteiger partial charge >= 0.3 is 0 Å². The first-order chi connectivity index (χ1) is 14.0. The zero-order chi connectivity index (χ0) is 20.8. The van der Waals surface area contributed by atoms with Gasteiger partial charge in [0.2, 0.25) is 0 Å². The van der Waals surface area contributed by atoms with Gasteiger partial charge in [0.15, 0.2) is 0 Å². The molecule has 0 bridgehead atoms. The van der Waals surface area contributed by atoms with Crippen LogP contribution in [0.25, 0.3) is 0 Å². The maximum absolute atomic E-state index is 14.0. The van der Waals surface area contributed by atoms with Gasteiger partial charge in [0.25, 0.3) is 11.8 Å². The van der Waals surface area contributed by atoms with E-state index < -0.39 is 17.6 Å². The third kappa shape index (κ3) is 5.39. The second-order valence-electron chi connectivity index (χ2n) is 6.27. The number of benzene rings is 2. The number of para-hydroxylation sites is 1. The minimum Gasteiger partial charge on any atom is -0.496 e. The van der Waals surface area contributed by atoms with Crippen molar-refractivity contribution in [3.63, 3.8) is 0 Å². The van der Waals surface area contributed by atoms with Crippen LogP contribution in [0.3, 0.4) is 0 Å². The molecule has 0 saturated heterocycles. The van der Waals surface area contributed by atoms with Crippen molar-refractivity contribution in [1.82, 2.24) is 10.3 Å². The summed E-state index contributed by atoms with van der Waals surface area (Å²) in [5.41, 5.74) is 1.55. The molecule has 3 aromatic rings. The highest BCUT2D eigenvalue weighted by Crippen LogP contribution is 2.20. The summed E-state index contributed by atoms with van der Waals surface area (Å²) in [6, 6.07) is 10.4. The van der Waals surface area contributed by atoms with Crippen molar-refractivity contribution in [3.8, 4) is 5.75 Å². The second-order valence-corrected chi connectivity index (χ2v) is 7.21. The van der Waals surface area contributed by atoms with Crippen LogP contribution in [0.1, 0.15) is 31.4 Å². The number of methoxy groups -OCH3 is 1. The Morgan fingerprint density at radius 1 is 1.17 bits per heavy atom. The Balaban J connectivity index is 1.67. The summed E-state index contributed by atoms with van der Waals surface area (Å²) in [4.78, 5) is 29.2. The number of rotatable bonds is 7. The topological polar surface area (TPSA) is 80.3 Å². The van der Waals surface area contributed by atoms with Crippen LogP contribution < -0.4 is 15.4 Å². The van der Waals surface area contributed by atoms with Crippen LogP contribution >= 0.6 is 11.3 Å². The van der Waals surface area contributed by atoms with E-state index in [0.717, 1.165) is 22.8 Å². The molecule has 3 rings (SSSR count). The Labute approximate surface area is 171 Å². The summed E-state index contributed by atoms with van der Waals surface area (Å²) < 4.78 is 19.2. The Morgan fingerprint density at radius 3 is 2.69 bits per heavy atom. The van der Waals surface area contributed by atoms with Gasteiger partial charge in [0.05, 0.1) is 17.7 Å². The van der Waals surface area contributed by atoms with Crippen LogP contribution in [0.4, 0.5) is 10.1 Å². The number of nitrogens with one attached hydrogen (secondary N) is 2. The lowest BCUT2D eigenvalue weighted by Gasteiger charge is -2.11. The molecule has 0 fully saturated rings. The molecule has 0 aliphatic carbocycles. The summed E-state index contributed by atoms with van der Waals surface area (Å²) in [6.45, 7) is 2.29. The molecule has 0 unspecified atom stereocenters. The fourth-order valence-corrected chi connectivity index (χ4v) is 3.50. The van der Waals surface area contributed by atoms with Gasteiger partial charge in [-0.1, -0.05) is 12.1 Å². The molecule has 0 saturated carbocycles. The van der Waals surface area contributed by atoms with E-state index in [1.54, 1.807) is 24.3 Å². The maximum atomic E-state index is 14.0. The molecule has 0 aliphatic heterocycles. The van der Waals surface area contributed by atoms with E-state index in [1.807, 2.05) is 12.3 Å². The van der Waals surface area contributed by atoms with Crippen LogP contribution in [0.15, 0.2) is 47.8 Å². The molecular weight excluding hydrogens is 393 g/mol. The number of ether oxygens (including phenoxy) is 1. The molecule has 0 aliphatic rings. The van der Waals surface area contributed by atoms with Gasteiger partial charge in [-0.05, 0) is 37.3 Å². The fraction of sp³-hybridized carbons (Fsp3) is 0.190. The predicted molar refractivity (Wildman–Crippen MR) is 110 cm³/mol. The van der Waals surface area contributed by atoms with Gasteiger partial charge < -0.3 is 15.4 Å². The summed E-state index contributed by atoms with van der Waals surface area (Å²) in [5.74, 6) is -1.11. The first-order valence-electron chi connectivity index (χ1n) is 8.90. The number of nitrogens with zero attached hydrogens (tertiary/aromatic N) is 1. The average Bonchev–Trinajstić information content (AvgIpc) is 3.12. The largest absolute Gasteiger partial charge is 0.496 e. The minimum atomic E-state index is -0.622. The van der Waals surface area contributed by atoms with E-state index in [0.29, 0.717) is 24.3 Å². The number of hydrogen-bond acceptors (Lipinski definition) is 5. The number of anilines is 1. The van der Waals surface area contributed by atoms with Crippen LogP contribution in [-0.4, -0.2) is 30.5 Å². The number of halogens is 1. The lowest BCUT2D eigenvalue weighted by Crippen LogP contribution is -2.26. The number of carbonyl (C=O) groups excluding carboxylic acids is 2. The highest BCUT2D eigenvalue weighted by molar-refractivity contribution is 7.09. The van der Waals surface area contributed by atoms with Crippen LogP contribution in [0.5, 0.6) is 5.75 Å². The van der Waals surface area contributed by atoms with Crippen molar-refractivity contribution in [3.05, 3.63) is 75.5 Å². The normalized spacial score (nSPS) is 10.4. The molecule has 2 N–H and O–H groups in total. The van der Waals surface area contributed by atoms with Gasteiger partial charge in [-0.2, -0.15) is 0 Å². The lowest BCUT2D eigenvalue weighted by atomic mass is 10.1. The van der Waals surface area contributed by atoms with E-state index in [2.05, 4.69) is 15.6 Å². The molecule has 1 aromatic heterocycles. The van der Waals surface area contributed by atoms with Crippen molar-refractivity contribution >= 4 is 28.8 Å². The molecule has 2 aromatic carbocycles. The lowest BCUT2D eigenvalue weighted by molar-refractivity contribution is 0.0952. The SMILES string of the molecule is COc1ccccc1C(=O)Nc1cc(F)cc(C(=O)NCCc2nc(C)cs2)c1. The predicted octanol–water partition coefficient (Wildman–Crippen LogP) is 3.82. The molecule has 150 valence electrons. The summed E-state index contributed by atoms with van der Waals surface area (Å²) >= 11 is 1.53. The number of carbonyl (C=O) groups is 2. The highest BCUT2D eigenvalue weighted by atomic mass is 32.1. The highest BCUT2D eigenvalue weighted by Gasteiger charge is 2.14. The Hall–Kier alpha value is -3.26. The van der Waals surface area contributed by atoms with Gasteiger partial charge in [0, 0.05) is 35.3 Å². The van der Waals surface area contributed by atoms with Crippen molar-refractivity contribution in [2.75, 3.05) is 19.0 Å². The Kier molecular flexibility index (Phi) is 6.56. The summed E-state index contributed by atoms with van der Waals surface area (Å²) in [7, 11) is 1.46. The zero-order valence-electron chi connectivity index (χ0n) is 16.0. The Bertz CT molecular complexity index is 1040. The van der Waals surface area contributed by atoms with Gasteiger partial charge in [0.1, 0.15) is 11.6 Å². The second kappa shape index (κ2) is 9.29.